The van der Waals surface area contributed by atoms with Gasteiger partial charge in [0.05, 0.1) is 0 Å². The number of halogens is 2. The van der Waals surface area contributed by atoms with E-state index in [1.165, 1.54) is 0 Å². The van der Waals surface area contributed by atoms with E-state index in [-0.39, 0.29) is 6.61 Å². The Morgan fingerprint density at radius 3 is 1.81 bits per heavy atom. The first-order valence-corrected chi connectivity index (χ1v) is 10.7. The van der Waals surface area contributed by atoms with E-state index in [0.29, 0.717) is 6.16 Å². The van der Waals surface area contributed by atoms with Crippen molar-refractivity contribution in [2.75, 3.05) is 19.4 Å². The molecule has 2 nitrogen and oxygen atoms in total. The second kappa shape index (κ2) is 6.36. The molecule has 0 bridgehead atoms. The molecule has 0 saturated carbocycles. The predicted octanol–water partition coefficient (Wildman–Crippen LogP) is 4.35. The second-order valence-electron chi connectivity index (χ2n) is 5.13. The maximum atomic E-state index is 10.8. The van der Waals surface area contributed by atoms with Crippen molar-refractivity contribution in [3.63, 3.8) is 0 Å². The van der Waals surface area contributed by atoms with Crippen molar-refractivity contribution in [3.05, 3.63) is 60.7 Å². The summed E-state index contributed by atoms with van der Waals surface area (Å²) in [6.45, 7) is 2.27. The number of carbonyl (C=O) groups is 1. The van der Waals surface area contributed by atoms with Crippen molar-refractivity contribution in [1.82, 2.24) is 0 Å². The van der Waals surface area contributed by atoms with Gasteiger partial charge in [-0.1, -0.05) is 0 Å². The second-order valence-corrected chi connectivity index (χ2v) is 13.0. The van der Waals surface area contributed by atoms with Gasteiger partial charge in [-0.15, -0.1) is 0 Å². The Labute approximate surface area is 134 Å². The van der Waals surface area contributed by atoms with E-state index in [4.69, 9.17) is 27.6 Å². The fourth-order valence-electron chi connectivity index (χ4n) is 2.38. The van der Waals surface area contributed by atoms with Crippen LogP contribution >= 0.6 is 28.8 Å². The van der Waals surface area contributed by atoms with Crippen LogP contribution in [0.5, 0.6) is 0 Å². The molecule has 0 radical (unpaired) electrons. The molecule has 0 unspecified atom stereocenters. The number of ether oxygens (including phenoxy) is 1. The standard InChI is InChI=1S/C16H17Cl2O2P/c1-21(18,13-12-20-16(17)19,14-8-4-2-5-9-14)15-10-6-3-7-11-15/h2-11H,12-13H2,1H3. The predicted molar refractivity (Wildman–Crippen MR) is 92.9 cm³/mol. The maximum absolute atomic E-state index is 10.8. The van der Waals surface area contributed by atoms with Crippen LogP contribution in [0.4, 0.5) is 4.79 Å². The summed E-state index contributed by atoms with van der Waals surface area (Å²) in [5.41, 5.74) is -0.800. The van der Waals surface area contributed by atoms with Gasteiger partial charge in [-0.05, 0) is 0 Å². The van der Waals surface area contributed by atoms with E-state index < -0.39 is 11.4 Å². The van der Waals surface area contributed by atoms with Crippen molar-refractivity contribution in [2.45, 2.75) is 0 Å². The van der Waals surface area contributed by atoms with Crippen LogP contribution in [0, 0.1) is 0 Å². The first-order chi connectivity index (χ1) is 9.92. The molecule has 5 heteroatoms. The van der Waals surface area contributed by atoms with Crippen LogP contribution in [0.3, 0.4) is 0 Å². The molecule has 2 rings (SSSR count). The number of hydrogen-bond acceptors (Lipinski definition) is 2. The van der Waals surface area contributed by atoms with Crippen molar-refractivity contribution in [1.29, 1.82) is 0 Å². The zero-order valence-corrected chi connectivity index (χ0v) is 14.1. The van der Waals surface area contributed by atoms with Crippen molar-refractivity contribution in [3.8, 4) is 0 Å². The summed E-state index contributed by atoms with van der Waals surface area (Å²) in [4.78, 5) is 10.8. The zero-order valence-electron chi connectivity index (χ0n) is 11.7. The topological polar surface area (TPSA) is 26.3 Å². The van der Waals surface area contributed by atoms with Gasteiger partial charge in [-0.3, -0.25) is 0 Å². The van der Waals surface area contributed by atoms with E-state index in [9.17, 15) is 4.79 Å². The van der Waals surface area contributed by atoms with Crippen LogP contribution in [0.15, 0.2) is 60.7 Å². The fraction of sp³-hybridized carbons (Fsp3) is 0.188. The third-order valence-electron chi connectivity index (χ3n) is 3.69. The fourth-order valence-corrected chi connectivity index (χ4v) is 6.56. The van der Waals surface area contributed by atoms with Crippen LogP contribution < -0.4 is 10.6 Å². The molecular formula is C16H17Cl2O2P. The van der Waals surface area contributed by atoms with Crippen LogP contribution in [-0.4, -0.2) is 24.9 Å². The summed E-state index contributed by atoms with van der Waals surface area (Å²) in [7, 11) is 0. The van der Waals surface area contributed by atoms with Gasteiger partial charge < -0.3 is 0 Å². The SMILES string of the molecule is CP(Cl)(CCOC(=O)Cl)(c1ccccc1)c1ccccc1. The number of benzene rings is 2. The number of hydrogen-bond donors (Lipinski definition) is 0. The van der Waals surface area contributed by atoms with Crippen LogP contribution in [0.25, 0.3) is 0 Å². The van der Waals surface area contributed by atoms with Gasteiger partial charge in [0.1, 0.15) is 0 Å². The first-order valence-electron chi connectivity index (χ1n) is 6.59. The molecule has 0 spiro atoms. The third kappa shape index (κ3) is 3.58. The monoisotopic (exact) mass is 342 g/mol. The Bertz CT molecular complexity index is 571. The quantitative estimate of drug-likeness (QED) is 0.596. The van der Waals surface area contributed by atoms with Crippen LogP contribution in [-0.2, 0) is 4.74 Å². The van der Waals surface area contributed by atoms with E-state index >= 15 is 0 Å². The summed E-state index contributed by atoms with van der Waals surface area (Å²) in [6, 6.07) is 19.9. The van der Waals surface area contributed by atoms with E-state index in [1.54, 1.807) is 0 Å². The first kappa shape index (κ1) is 16.3. The summed E-state index contributed by atoms with van der Waals surface area (Å²) in [5, 5.41) is 2.14. The molecule has 112 valence electrons. The molecule has 0 amide bonds. The third-order valence-corrected chi connectivity index (χ3v) is 9.99. The van der Waals surface area contributed by atoms with E-state index in [2.05, 4.69) is 6.66 Å². The molecule has 0 heterocycles. The Hall–Kier alpha value is -1.08. The van der Waals surface area contributed by atoms with Crippen molar-refractivity contribution >= 4 is 44.8 Å². The average Bonchev–Trinajstić information content (AvgIpc) is 2.49. The Kier molecular flexibility index (Phi) is 4.93. The van der Waals surface area contributed by atoms with Crippen LogP contribution in [0.1, 0.15) is 0 Å². The van der Waals surface area contributed by atoms with E-state index in [0.717, 1.165) is 10.6 Å². The van der Waals surface area contributed by atoms with Gasteiger partial charge in [0, 0.05) is 0 Å². The molecule has 0 aliphatic heterocycles. The normalized spacial score (nSPS) is 13.2. The van der Waals surface area contributed by atoms with E-state index in [1.807, 2.05) is 60.7 Å². The minimum atomic E-state index is -2.92. The van der Waals surface area contributed by atoms with Gasteiger partial charge >= 0.3 is 134 Å². The van der Waals surface area contributed by atoms with Gasteiger partial charge in [-0.2, -0.15) is 0 Å². The van der Waals surface area contributed by atoms with Gasteiger partial charge in [0.2, 0.25) is 0 Å². The molecule has 0 aliphatic carbocycles. The Morgan fingerprint density at radius 2 is 1.43 bits per heavy atom. The summed E-state index contributed by atoms with van der Waals surface area (Å²) >= 11 is 12.5. The molecule has 0 saturated heterocycles. The molecule has 0 N–H and O–H groups in total. The molecule has 0 aliphatic rings. The number of rotatable bonds is 5. The minimum absolute atomic E-state index is 0.198. The van der Waals surface area contributed by atoms with Crippen molar-refractivity contribution in [2.24, 2.45) is 0 Å². The average molecular weight is 343 g/mol. The number of carbonyl (C=O) groups excluding carboxylic acids is 1. The van der Waals surface area contributed by atoms with Gasteiger partial charge in [0.15, 0.2) is 0 Å². The van der Waals surface area contributed by atoms with Crippen LogP contribution in [0.2, 0.25) is 0 Å². The Balaban J connectivity index is 2.46. The Morgan fingerprint density at radius 1 is 1.00 bits per heavy atom. The molecule has 0 aromatic heterocycles. The molecule has 0 atom stereocenters. The van der Waals surface area contributed by atoms with Gasteiger partial charge in [-0.25, -0.2) is 0 Å². The zero-order chi connectivity index (χ0) is 15.4. The van der Waals surface area contributed by atoms with Gasteiger partial charge in [0.25, 0.3) is 0 Å². The molecule has 2 aromatic carbocycles. The summed E-state index contributed by atoms with van der Waals surface area (Å²) in [6.07, 6.45) is 0.541. The summed E-state index contributed by atoms with van der Waals surface area (Å²) in [5.74, 6) is -2.92. The molecule has 2 aromatic rings. The molecule has 21 heavy (non-hydrogen) atoms. The molecule has 0 fully saturated rings. The van der Waals surface area contributed by atoms with Crippen molar-refractivity contribution < 1.29 is 9.53 Å². The molecular weight excluding hydrogens is 326 g/mol. The summed E-state index contributed by atoms with van der Waals surface area (Å²) < 4.78 is 4.92.